The Morgan fingerprint density at radius 3 is 2.45 bits per heavy atom. The monoisotopic (exact) mass is 566 g/mol. The smallest absolute Gasteiger partial charge is 0.179 e. The molecule has 0 bridgehead atoms. The number of hydrogen-bond donors (Lipinski definition) is 1. The topological polar surface area (TPSA) is 57.8 Å². The minimum Gasteiger partial charge on any atom is -0.335 e. The second-order valence-corrected chi connectivity index (χ2v) is 10.3. The van der Waals surface area contributed by atoms with E-state index in [1.54, 1.807) is 28.9 Å². The molecule has 4 aromatic carbocycles. The van der Waals surface area contributed by atoms with E-state index in [2.05, 4.69) is 5.32 Å². The summed E-state index contributed by atoms with van der Waals surface area (Å²) in [6.45, 7) is 1.93. The molecule has 5 aromatic rings. The van der Waals surface area contributed by atoms with Crippen LogP contribution in [0.3, 0.4) is 0 Å². The van der Waals surface area contributed by atoms with Gasteiger partial charge in [-0.05, 0) is 55.5 Å². The first kappa shape index (κ1) is 24.6. The molecule has 0 saturated carbocycles. The van der Waals surface area contributed by atoms with E-state index in [1.165, 1.54) is 6.07 Å². The fraction of sp³-hybridized carbons (Fsp3) is 0.0645. The Kier molecular flexibility index (Phi) is 5.91. The van der Waals surface area contributed by atoms with Crippen LogP contribution in [0.5, 0.6) is 0 Å². The highest BCUT2D eigenvalue weighted by atomic mass is 35.5. The van der Waals surface area contributed by atoms with Crippen molar-refractivity contribution in [2.45, 2.75) is 13.0 Å². The number of anilines is 2. The van der Waals surface area contributed by atoms with Crippen molar-refractivity contribution < 1.29 is 4.39 Å². The largest absolute Gasteiger partial charge is 0.335 e. The molecule has 9 heteroatoms. The molecule has 196 valence electrons. The number of para-hydroxylation sites is 3. The van der Waals surface area contributed by atoms with Crippen molar-refractivity contribution in [1.82, 2.24) is 9.78 Å². The van der Waals surface area contributed by atoms with E-state index in [1.807, 2.05) is 78.6 Å². The van der Waals surface area contributed by atoms with Crippen LogP contribution in [0.4, 0.5) is 27.3 Å². The zero-order chi connectivity index (χ0) is 27.4. The van der Waals surface area contributed by atoms with Gasteiger partial charge in [-0.15, -0.1) is 0 Å². The predicted octanol–water partition coefficient (Wildman–Crippen LogP) is 8.42. The quantitative estimate of drug-likeness (QED) is 0.238. The number of hydrogen-bond acceptors (Lipinski definition) is 4. The summed E-state index contributed by atoms with van der Waals surface area (Å²) < 4.78 is 17.4. The summed E-state index contributed by atoms with van der Waals surface area (Å²) in [4.78, 5) is 12.1. The number of amidine groups is 2. The number of aryl methyl sites for hydroxylation is 1. The SMILES string of the molecule is Cc1nn(-c2ccccc2)c2c1[C@@H](c1ccccc1F)N1C(=N2)C(=Nc2ccc(Cl)cc2Cl)Nc2ccccc21. The van der Waals surface area contributed by atoms with Gasteiger partial charge in [-0.1, -0.05) is 71.7 Å². The second-order valence-electron chi connectivity index (χ2n) is 9.50. The first-order chi connectivity index (χ1) is 19.5. The molecule has 1 aromatic heterocycles. The Hall–Kier alpha value is -4.46. The van der Waals surface area contributed by atoms with Crippen LogP contribution in [0.2, 0.25) is 10.0 Å². The van der Waals surface area contributed by atoms with Gasteiger partial charge in [0.25, 0.3) is 0 Å². The van der Waals surface area contributed by atoms with Gasteiger partial charge in [0, 0.05) is 16.1 Å². The molecule has 3 heterocycles. The predicted molar refractivity (Wildman–Crippen MR) is 160 cm³/mol. The van der Waals surface area contributed by atoms with Gasteiger partial charge in [-0.3, -0.25) is 0 Å². The molecule has 7 rings (SSSR count). The van der Waals surface area contributed by atoms with Crippen molar-refractivity contribution >= 4 is 57.8 Å². The van der Waals surface area contributed by atoms with Crippen LogP contribution in [0, 0.1) is 12.7 Å². The van der Waals surface area contributed by atoms with Crippen LogP contribution in [0.1, 0.15) is 22.9 Å². The molecule has 2 aliphatic rings. The Labute approximate surface area is 240 Å². The van der Waals surface area contributed by atoms with E-state index in [-0.39, 0.29) is 5.82 Å². The minimum atomic E-state index is -0.560. The first-order valence-corrected chi connectivity index (χ1v) is 13.4. The van der Waals surface area contributed by atoms with Crippen molar-refractivity contribution in [2.75, 3.05) is 10.2 Å². The summed E-state index contributed by atoms with van der Waals surface area (Å²) in [6.07, 6.45) is 0. The molecular formula is C31H21Cl2FN6. The number of nitrogens with zero attached hydrogens (tertiary/aromatic N) is 5. The lowest BCUT2D eigenvalue weighted by molar-refractivity contribution is 0.597. The van der Waals surface area contributed by atoms with Gasteiger partial charge >= 0.3 is 0 Å². The van der Waals surface area contributed by atoms with Gasteiger partial charge in [0.15, 0.2) is 17.5 Å². The molecule has 1 atom stereocenters. The highest BCUT2D eigenvalue weighted by Gasteiger charge is 2.42. The Balaban J connectivity index is 1.55. The van der Waals surface area contributed by atoms with Crippen molar-refractivity contribution in [3.8, 4) is 5.69 Å². The number of benzene rings is 4. The maximum Gasteiger partial charge on any atom is 0.179 e. The maximum atomic E-state index is 15.6. The number of halogens is 3. The molecule has 0 saturated heterocycles. The van der Waals surface area contributed by atoms with E-state index < -0.39 is 6.04 Å². The van der Waals surface area contributed by atoms with Gasteiger partial charge in [0.1, 0.15) is 5.82 Å². The van der Waals surface area contributed by atoms with Crippen molar-refractivity contribution in [1.29, 1.82) is 0 Å². The Bertz CT molecular complexity index is 1850. The van der Waals surface area contributed by atoms with E-state index in [9.17, 15) is 0 Å². The van der Waals surface area contributed by atoms with Gasteiger partial charge in [-0.25, -0.2) is 19.1 Å². The lowest BCUT2D eigenvalue weighted by atomic mass is 9.92. The molecule has 0 aliphatic carbocycles. The number of nitrogens with one attached hydrogen (secondary N) is 1. The summed E-state index contributed by atoms with van der Waals surface area (Å²) in [5, 5.41) is 9.23. The minimum absolute atomic E-state index is 0.318. The molecule has 40 heavy (non-hydrogen) atoms. The Morgan fingerprint density at radius 2 is 1.65 bits per heavy atom. The summed E-state index contributed by atoms with van der Waals surface area (Å²) in [5.74, 6) is 1.28. The van der Waals surface area contributed by atoms with Gasteiger partial charge in [-0.2, -0.15) is 5.10 Å². The Morgan fingerprint density at radius 1 is 0.900 bits per heavy atom. The second kappa shape index (κ2) is 9.62. The van der Waals surface area contributed by atoms with Gasteiger partial charge in [0.2, 0.25) is 0 Å². The molecule has 6 nitrogen and oxygen atoms in total. The number of aliphatic imine (C=N–C) groups is 2. The van der Waals surface area contributed by atoms with Gasteiger partial charge < -0.3 is 10.2 Å². The molecular weight excluding hydrogens is 546 g/mol. The fourth-order valence-corrected chi connectivity index (χ4v) is 5.72. The van der Waals surface area contributed by atoms with Crippen molar-refractivity contribution in [2.24, 2.45) is 9.98 Å². The normalized spacial score (nSPS) is 16.6. The molecule has 0 amide bonds. The standard InChI is InChI=1S/C31H21Cl2FN6/c1-18-27-28(21-11-5-6-12-23(21)34)39-26-14-8-7-13-25(26)36-29(35-24-16-15-19(32)17-22(24)33)31(39)37-30(27)40(38-18)20-9-3-2-4-10-20/h2-17,28H,1H3,(H,35,36)/t28-/m1/s1. The third kappa shape index (κ3) is 3.97. The first-order valence-electron chi connectivity index (χ1n) is 12.7. The third-order valence-corrected chi connectivity index (χ3v) is 7.56. The lowest BCUT2D eigenvalue weighted by Gasteiger charge is -2.41. The van der Waals surface area contributed by atoms with Crippen molar-refractivity contribution in [3.05, 3.63) is 130 Å². The van der Waals surface area contributed by atoms with Crippen LogP contribution in [-0.2, 0) is 0 Å². The average molecular weight is 567 g/mol. The highest BCUT2D eigenvalue weighted by molar-refractivity contribution is 6.52. The maximum absolute atomic E-state index is 15.6. The highest BCUT2D eigenvalue weighted by Crippen LogP contribution is 2.48. The van der Waals surface area contributed by atoms with E-state index in [0.717, 1.165) is 28.3 Å². The summed E-state index contributed by atoms with van der Waals surface area (Å²) in [6, 6.07) is 29.0. The number of aromatic nitrogens is 2. The summed E-state index contributed by atoms with van der Waals surface area (Å²) >= 11 is 12.7. The van der Waals surface area contributed by atoms with Gasteiger partial charge in [0.05, 0.1) is 39.5 Å². The number of fused-ring (bicyclic) bond motifs is 4. The molecule has 2 aliphatic heterocycles. The van der Waals surface area contributed by atoms with Crippen molar-refractivity contribution in [3.63, 3.8) is 0 Å². The average Bonchev–Trinajstić information content (AvgIpc) is 3.30. The number of rotatable bonds is 3. The molecule has 0 spiro atoms. The summed E-state index contributed by atoms with van der Waals surface area (Å²) in [5.41, 5.74) is 5.10. The van der Waals surface area contributed by atoms with Crippen LogP contribution < -0.4 is 10.2 Å². The van der Waals surface area contributed by atoms with Crippen LogP contribution in [-0.4, -0.2) is 21.5 Å². The summed E-state index contributed by atoms with van der Waals surface area (Å²) in [7, 11) is 0. The molecule has 0 fully saturated rings. The van der Waals surface area contributed by atoms with E-state index >= 15 is 4.39 Å². The molecule has 0 unspecified atom stereocenters. The van der Waals surface area contributed by atoms with Crippen LogP contribution in [0.25, 0.3) is 5.69 Å². The molecule has 1 N–H and O–H groups in total. The van der Waals surface area contributed by atoms with E-state index in [4.69, 9.17) is 38.3 Å². The van der Waals surface area contributed by atoms with Crippen LogP contribution >= 0.6 is 23.2 Å². The van der Waals surface area contributed by atoms with E-state index in [0.29, 0.717) is 38.8 Å². The zero-order valence-corrected chi connectivity index (χ0v) is 22.7. The van der Waals surface area contributed by atoms with Crippen LogP contribution in [0.15, 0.2) is 107 Å². The zero-order valence-electron chi connectivity index (χ0n) is 21.2. The third-order valence-electron chi connectivity index (χ3n) is 7.02. The lowest BCUT2D eigenvalue weighted by Crippen LogP contribution is -2.48. The fourth-order valence-electron chi connectivity index (χ4n) is 5.26. The molecule has 0 radical (unpaired) electrons.